The Morgan fingerprint density at radius 3 is 2.94 bits per heavy atom. The van der Waals surface area contributed by atoms with E-state index in [0.717, 1.165) is 16.9 Å². The summed E-state index contributed by atoms with van der Waals surface area (Å²) in [4.78, 5) is 8.44. The largest absolute Gasteiger partial charge is 0.347 e. The monoisotopic (exact) mass is 237 g/mol. The summed E-state index contributed by atoms with van der Waals surface area (Å²) in [6.07, 6.45) is 5.22. The Morgan fingerprint density at radius 1 is 1.22 bits per heavy atom. The van der Waals surface area contributed by atoms with Crippen molar-refractivity contribution in [3.05, 3.63) is 61.3 Å². The Kier molecular flexibility index (Phi) is 4.25. The van der Waals surface area contributed by atoms with Crippen LogP contribution in [0.4, 0.5) is 5.69 Å². The van der Waals surface area contributed by atoms with Gasteiger partial charge in [0.15, 0.2) is 0 Å². The second-order valence-electron chi connectivity index (χ2n) is 3.72. The van der Waals surface area contributed by atoms with Gasteiger partial charge in [-0.2, -0.15) is 0 Å². The van der Waals surface area contributed by atoms with Crippen LogP contribution in [0.2, 0.25) is 0 Å². The zero-order chi connectivity index (χ0) is 12.6. The molecule has 3 heteroatoms. The van der Waals surface area contributed by atoms with E-state index in [1.807, 2.05) is 42.5 Å². The first-order valence-electron chi connectivity index (χ1n) is 5.77. The lowest BCUT2D eigenvalue weighted by Crippen LogP contribution is -1.95. The van der Waals surface area contributed by atoms with E-state index in [1.165, 1.54) is 0 Å². The van der Waals surface area contributed by atoms with Crippen molar-refractivity contribution < 1.29 is 0 Å². The topological polar surface area (TPSA) is 37.3 Å². The molecule has 0 saturated heterocycles. The van der Waals surface area contributed by atoms with E-state index in [-0.39, 0.29) is 0 Å². The summed E-state index contributed by atoms with van der Waals surface area (Å²) in [5, 5.41) is 3.12. The van der Waals surface area contributed by atoms with Crippen molar-refractivity contribution in [3.63, 3.8) is 0 Å². The molecule has 1 aromatic carbocycles. The van der Waals surface area contributed by atoms with Gasteiger partial charge in [-0.1, -0.05) is 24.3 Å². The Bertz CT molecular complexity index is 532. The van der Waals surface area contributed by atoms with E-state index >= 15 is 0 Å². The van der Waals surface area contributed by atoms with Gasteiger partial charge >= 0.3 is 0 Å². The van der Waals surface area contributed by atoms with Crippen LogP contribution >= 0.6 is 0 Å². The molecular weight excluding hydrogens is 222 g/mol. The van der Waals surface area contributed by atoms with Gasteiger partial charge in [0.1, 0.15) is 0 Å². The van der Waals surface area contributed by atoms with Gasteiger partial charge in [0, 0.05) is 17.4 Å². The molecule has 0 unspecified atom stereocenters. The Balaban J connectivity index is 2.13. The minimum Gasteiger partial charge on any atom is -0.347 e. The maximum atomic E-state index is 4.33. The van der Waals surface area contributed by atoms with Gasteiger partial charge in [0.2, 0.25) is 0 Å². The van der Waals surface area contributed by atoms with Gasteiger partial charge in [0.05, 0.1) is 18.6 Å². The highest BCUT2D eigenvalue weighted by Gasteiger charge is 1.98. The van der Waals surface area contributed by atoms with E-state index in [4.69, 9.17) is 0 Å². The first kappa shape index (κ1) is 12.0. The van der Waals surface area contributed by atoms with Crippen molar-refractivity contribution in [1.82, 2.24) is 4.98 Å². The number of nitrogens with one attached hydrogen (secondary N) is 1. The maximum absolute atomic E-state index is 4.33. The second-order valence-corrected chi connectivity index (χ2v) is 3.72. The minimum absolute atomic E-state index is 0.618. The van der Waals surface area contributed by atoms with Crippen molar-refractivity contribution in [2.75, 3.05) is 11.9 Å². The fraction of sp³-hybridized carbons (Fsp3) is 0.0667. The van der Waals surface area contributed by atoms with Crippen molar-refractivity contribution in [3.8, 4) is 11.3 Å². The average Bonchev–Trinajstić information content (AvgIpc) is 2.45. The maximum Gasteiger partial charge on any atom is 0.0871 e. The molecule has 0 aliphatic heterocycles. The fourth-order valence-corrected chi connectivity index (χ4v) is 1.55. The molecule has 90 valence electrons. The van der Waals surface area contributed by atoms with E-state index in [0.29, 0.717) is 6.54 Å². The number of benzene rings is 1. The highest BCUT2D eigenvalue weighted by Crippen LogP contribution is 2.19. The molecule has 2 rings (SSSR count). The van der Waals surface area contributed by atoms with Crippen LogP contribution in [0.25, 0.3) is 11.3 Å². The summed E-state index contributed by atoms with van der Waals surface area (Å²) in [5.41, 5.74) is 3.04. The van der Waals surface area contributed by atoms with Crippen molar-refractivity contribution in [2.45, 2.75) is 0 Å². The Hall–Kier alpha value is -2.42. The third-order valence-corrected chi connectivity index (χ3v) is 2.38. The normalized spacial score (nSPS) is 10.4. The molecular formula is C15H15N3. The van der Waals surface area contributed by atoms with Crippen LogP contribution in [0.5, 0.6) is 0 Å². The molecule has 0 atom stereocenters. The number of pyridine rings is 1. The molecule has 1 N–H and O–H groups in total. The van der Waals surface area contributed by atoms with E-state index in [2.05, 4.69) is 21.9 Å². The molecule has 2 aromatic rings. The molecule has 0 fully saturated rings. The predicted octanol–water partition coefficient (Wildman–Crippen LogP) is 3.37. The van der Waals surface area contributed by atoms with Crippen molar-refractivity contribution in [2.24, 2.45) is 4.99 Å². The van der Waals surface area contributed by atoms with Gasteiger partial charge in [-0.15, -0.1) is 6.58 Å². The molecule has 0 radical (unpaired) electrons. The Labute approximate surface area is 107 Å². The van der Waals surface area contributed by atoms with Crippen LogP contribution < -0.4 is 5.32 Å². The summed E-state index contributed by atoms with van der Waals surface area (Å²) in [7, 11) is 0. The van der Waals surface area contributed by atoms with Crippen LogP contribution in [-0.2, 0) is 0 Å². The predicted molar refractivity (Wildman–Crippen MR) is 76.9 cm³/mol. The number of nitrogens with zero attached hydrogens (tertiary/aromatic N) is 2. The van der Waals surface area contributed by atoms with Crippen LogP contribution in [0.15, 0.2) is 66.3 Å². The van der Waals surface area contributed by atoms with E-state index < -0.39 is 0 Å². The number of aromatic nitrogens is 1. The third-order valence-electron chi connectivity index (χ3n) is 2.38. The van der Waals surface area contributed by atoms with Gasteiger partial charge in [-0.05, 0) is 24.3 Å². The summed E-state index contributed by atoms with van der Waals surface area (Å²) in [6.45, 7) is 4.23. The number of hydrogen-bond acceptors (Lipinski definition) is 2. The van der Waals surface area contributed by atoms with Gasteiger partial charge < -0.3 is 5.32 Å². The van der Waals surface area contributed by atoms with Crippen molar-refractivity contribution >= 4 is 12.0 Å². The molecule has 0 aliphatic rings. The first-order chi connectivity index (χ1) is 8.90. The minimum atomic E-state index is 0.618. The van der Waals surface area contributed by atoms with Crippen molar-refractivity contribution in [1.29, 1.82) is 0 Å². The smallest absolute Gasteiger partial charge is 0.0871 e. The Morgan fingerprint density at radius 2 is 2.17 bits per heavy atom. The molecule has 0 aliphatic carbocycles. The number of hydrogen-bond donors (Lipinski definition) is 1. The molecule has 1 heterocycles. The third kappa shape index (κ3) is 3.28. The van der Waals surface area contributed by atoms with Gasteiger partial charge in [-0.3, -0.25) is 9.98 Å². The molecule has 18 heavy (non-hydrogen) atoms. The molecule has 3 nitrogen and oxygen atoms in total. The number of aliphatic imine (C=N–C) groups is 1. The summed E-state index contributed by atoms with van der Waals surface area (Å²) in [6, 6.07) is 13.9. The molecule has 0 saturated carbocycles. The zero-order valence-corrected chi connectivity index (χ0v) is 10.1. The molecule has 0 bridgehead atoms. The zero-order valence-electron chi connectivity index (χ0n) is 10.1. The standard InChI is InChI=1S/C15H15N3/c1-2-9-16-12-18-14-7-5-6-13(11-14)15-8-3-4-10-17-15/h2-8,10-12H,1,9H2,(H,16,18). The highest BCUT2D eigenvalue weighted by molar-refractivity contribution is 5.78. The lowest BCUT2D eigenvalue weighted by atomic mass is 10.1. The molecule has 0 amide bonds. The summed E-state index contributed by atoms with van der Waals surface area (Å²) >= 11 is 0. The molecule has 1 aromatic heterocycles. The summed E-state index contributed by atoms with van der Waals surface area (Å²) in [5.74, 6) is 0. The fourth-order valence-electron chi connectivity index (χ4n) is 1.55. The quantitative estimate of drug-likeness (QED) is 0.492. The summed E-state index contributed by atoms with van der Waals surface area (Å²) < 4.78 is 0. The lowest BCUT2D eigenvalue weighted by Gasteiger charge is -2.04. The van der Waals surface area contributed by atoms with E-state index in [1.54, 1.807) is 18.6 Å². The number of anilines is 1. The van der Waals surface area contributed by atoms with Gasteiger partial charge in [0.25, 0.3) is 0 Å². The lowest BCUT2D eigenvalue weighted by molar-refractivity contribution is 1.26. The van der Waals surface area contributed by atoms with Crippen LogP contribution in [0.1, 0.15) is 0 Å². The van der Waals surface area contributed by atoms with Gasteiger partial charge in [-0.25, -0.2) is 0 Å². The van der Waals surface area contributed by atoms with Crippen LogP contribution in [-0.4, -0.2) is 17.9 Å². The average molecular weight is 237 g/mol. The SMILES string of the molecule is C=CCN=CNc1cccc(-c2ccccn2)c1. The van der Waals surface area contributed by atoms with Crippen LogP contribution in [0, 0.1) is 0 Å². The van der Waals surface area contributed by atoms with Crippen LogP contribution in [0.3, 0.4) is 0 Å². The van der Waals surface area contributed by atoms with E-state index in [9.17, 15) is 0 Å². The second kappa shape index (κ2) is 6.35. The highest BCUT2D eigenvalue weighted by atomic mass is 14.9. The first-order valence-corrected chi connectivity index (χ1v) is 5.77. The number of rotatable bonds is 5. The molecule has 0 spiro atoms.